The van der Waals surface area contributed by atoms with Crippen molar-refractivity contribution in [3.05, 3.63) is 35.9 Å². The Morgan fingerprint density at radius 2 is 1.79 bits per heavy atom. The van der Waals surface area contributed by atoms with Gasteiger partial charge in [0, 0.05) is 25.2 Å². The third-order valence-electron chi connectivity index (χ3n) is 5.36. The number of rotatable bonds is 4. The minimum atomic E-state index is 0.131. The van der Waals surface area contributed by atoms with Crippen molar-refractivity contribution in [3.63, 3.8) is 0 Å². The van der Waals surface area contributed by atoms with Crippen LogP contribution >= 0.6 is 0 Å². The summed E-state index contributed by atoms with van der Waals surface area (Å²) < 4.78 is 0. The lowest BCUT2D eigenvalue weighted by Gasteiger charge is -2.39. The van der Waals surface area contributed by atoms with Crippen LogP contribution in [0.5, 0.6) is 0 Å². The van der Waals surface area contributed by atoms with Crippen LogP contribution in [0.3, 0.4) is 0 Å². The molecule has 2 nitrogen and oxygen atoms in total. The Kier molecular flexibility index (Phi) is 3.64. The lowest BCUT2D eigenvalue weighted by atomic mass is 9.91. The molecule has 104 valence electrons. The van der Waals surface area contributed by atoms with Crippen LogP contribution in [0.15, 0.2) is 30.3 Å². The van der Waals surface area contributed by atoms with E-state index in [0.29, 0.717) is 0 Å². The molecule has 0 spiro atoms. The van der Waals surface area contributed by atoms with Gasteiger partial charge in [-0.1, -0.05) is 36.8 Å². The second-order valence-corrected chi connectivity index (χ2v) is 6.72. The zero-order valence-corrected chi connectivity index (χ0v) is 12.0. The molecule has 0 bridgehead atoms. The Hall–Kier alpha value is -0.860. The number of nitrogens with zero attached hydrogens (tertiary/aromatic N) is 1. The lowest BCUT2D eigenvalue weighted by Crippen LogP contribution is -2.52. The van der Waals surface area contributed by atoms with E-state index >= 15 is 0 Å². The molecular formula is C17H26N2. The van der Waals surface area contributed by atoms with Crippen LogP contribution in [0.25, 0.3) is 0 Å². The van der Waals surface area contributed by atoms with Gasteiger partial charge in [0.15, 0.2) is 0 Å². The van der Waals surface area contributed by atoms with Gasteiger partial charge in [0.2, 0.25) is 0 Å². The maximum Gasteiger partial charge on any atom is 0.0344 e. The molecule has 2 aliphatic rings. The van der Waals surface area contributed by atoms with Crippen molar-refractivity contribution in [3.8, 4) is 0 Å². The molecule has 0 aromatic heterocycles. The highest BCUT2D eigenvalue weighted by molar-refractivity contribution is 5.18. The van der Waals surface area contributed by atoms with Crippen molar-refractivity contribution in [2.24, 2.45) is 17.6 Å². The largest absolute Gasteiger partial charge is 0.329 e. The van der Waals surface area contributed by atoms with Crippen LogP contribution in [-0.2, 0) is 6.42 Å². The number of benzene rings is 1. The molecule has 1 aromatic carbocycles. The summed E-state index contributed by atoms with van der Waals surface area (Å²) in [6, 6.07) is 10.8. The predicted octanol–water partition coefficient (Wildman–Crippen LogP) is 2.68. The van der Waals surface area contributed by atoms with Crippen LogP contribution in [0.4, 0.5) is 0 Å². The highest BCUT2D eigenvalue weighted by atomic mass is 15.2. The summed E-state index contributed by atoms with van der Waals surface area (Å²) in [7, 11) is 0. The zero-order chi connectivity index (χ0) is 13.3. The fourth-order valence-corrected chi connectivity index (χ4v) is 4.02. The first kappa shape index (κ1) is 13.1. The van der Waals surface area contributed by atoms with Gasteiger partial charge in [-0.3, -0.25) is 4.90 Å². The Balaban J connectivity index is 1.72. The van der Waals surface area contributed by atoms with E-state index in [1.807, 2.05) is 0 Å². The number of likely N-dealkylation sites (tertiary alicyclic amines) is 1. The predicted molar refractivity (Wildman–Crippen MR) is 80.0 cm³/mol. The topological polar surface area (TPSA) is 29.3 Å². The Labute approximate surface area is 117 Å². The van der Waals surface area contributed by atoms with Gasteiger partial charge in [-0.25, -0.2) is 0 Å². The molecular weight excluding hydrogens is 232 g/mol. The SMILES string of the molecule is CC(CN)(Cc1ccccc1)N1CC2CCCC2C1. The van der Waals surface area contributed by atoms with Crippen LogP contribution in [-0.4, -0.2) is 30.1 Å². The summed E-state index contributed by atoms with van der Waals surface area (Å²) >= 11 is 0. The summed E-state index contributed by atoms with van der Waals surface area (Å²) in [4.78, 5) is 2.68. The van der Waals surface area contributed by atoms with Gasteiger partial charge in [0.05, 0.1) is 0 Å². The van der Waals surface area contributed by atoms with E-state index in [1.54, 1.807) is 0 Å². The molecule has 1 saturated carbocycles. The van der Waals surface area contributed by atoms with Crippen molar-refractivity contribution in [2.45, 2.75) is 38.1 Å². The van der Waals surface area contributed by atoms with Crippen molar-refractivity contribution in [2.75, 3.05) is 19.6 Å². The standard InChI is InChI=1S/C17H26N2/c1-17(13-18,10-14-6-3-2-4-7-14)19-11-15-8-5-9-16(15)12-19/h2-4,6-7,15-16H,5,8-13,18H2,1H3. The molecule has 19 heavy (non-hydrogen) atoms. The summed E-state index contributed by atoms with van der Waals surface area (Å²) in [5.41, 5.74) is 7.68. The van der Waals surface area contributed by atoms with Crippen LogP contribution in [0, 0.1) is 11.8 Å². The molecule has 3 rings (SSSR count). The van der Waals surface area contributed by atoms with Crippen molar-refractivity contribution >= 4 is 0 Å². The van der Waals surface area contributed by atoms with E-state index in [-0.39, 0.29) is 5.54 Å². The van der Waals surface area contributed by atoms with E-state index in [9.17, 15) is 0 Å². The average Bonchev–Trinajstić information content (AvgIpc) is 3.00. The minimum Gasteiger partial charge on any atom is -0.329 e. The third-order valence-corrected chi connectivity index (χ3v) is 5.36. The Bertz CT molecular complexity index is 405. The van der Waals surface area contributed by atoms with Gasteiger partial charge in [0.1, 0.15) is 0 Å². The van der Waals surface area contributed by atoms with Gasteiger partial charge in [0.25, 0.3) is 0 Å². The fraction of sp³-hybridized carbons (Fsp3) is 0.647. The molecule has 0 radical (unpaired) electrons. The first-order valence-electron chi connectivity index (χ1n) is 7.70. The summed E-state index contributed by atoms with van der Waals surface area (Å²) in [6.07, 6.45) is 5.39. The van der Waals surface area contributed by atoms with Crippen molar-refractivity contribution < 1.29 is 0 Å². The third kappa shape index (κ3) is 2.56. The number of nitrogens with two attached hydrogens (primary N) is 1. The molecule has 2 heteroatoms. The molecule has 1 aliphatic heterocycles. The van der Waals surface area contributed by atoms with E-state index in [1.165, 1.54) is 37.9 Å². The quantitative estimate of drug-likeness (QED) is 0.899. The molecule has 2 N–H and O–H groups in total. The molecule has 1 aromatic rings. The molecule has 1 aliphatic carbocycles. The highest BCUT2D eigenvalue weighted by Gasteiger charge is 2.42. The second-order valence-electron chi connectivity index (χ2n) is 6.72. The summed E-state index contributed by atoms with van der Waals surface area (Å²) in [5, 5.41) is 0. The summed E-state index contributed by atoms with van der Waals surface area (Å²) in [6.45, 7) is 5.64. The fourth-order valence-electron chi connectivity index (χ4n) is 4.02. The van der Waals surface area contributed by atoms with E-state index < -0.39 is 0 Å². The van der Waals surface area contributed by atoms with E-state index in [4.69, 9.17) is 5.73 Å². The summed E-state index contributed by atoms with van der Waals surface area (Å²) in [5.74, 6) is 1.89. The maximum absolute atomic E-state index is 6.14. The van der Waals surface area contributed by atoms with Crippen LogP contribution in [0.1, 0.15) is 31.7 Å². The first-order valence-corrected chi connectivity index (χ1v) is 7.70. The molecule has 3 atom stereocenters. The maximum atomic E-state index is 6.14. The monoisotopic (exact) mass is 258 g/mol. The Morgan fingerprint density at radius 1 is 1.16 bits per heavy atom. The molecule has 0 amide bonds. The highest BCUT2D eigenvalue weighted by Crippen LogP contribution is 2.40. The molecule has 3 unspecified atom stereocenters. The van der Waals surface area contributed by atoms with Crippen molar-refractivity contribution in [1.82, 2.24) is 4.90 Å². The van der Waals surface area contributed by atoms with E-state index in [2.05, 4.69) is 42.2 Å². The zero-order valence-electron chi connectivity index (χ0n) is 12.0. The lowest BCUT2D eigenvalue weighted by molar-refractivity contribution is 0.131. The van der Waals surface area contributed by atoms with Gasteiger partial charge in [-0.15, -0.1) is 0 Å². The first-order chi connectivity index (χ1) is 9.21. The average molecular weight is 258 g/mol. The number of fused-ring (bicyclic) bond motifs is 1. The number of hydrogen-bond donors (Lipinski definition) is 1. The smallest absolute Gasteiger partial charge is 0.0344 e. The van der Waals surface area contributed by atoms with Gasteiger partial charge in [-0.05, 0) is 43.6 Å². The molecule has 1 heterocycles. The van der Waals surface area contributed by atoms with Gasteiger partial charge < -0.3 is 5.73 Å². The number of hydrogen-bond acceptors (Lipinski definition) is 2. The molecule has 1 saturated heterocycles. The molecule has 2 fully saturated rings. The minimum absolute atomic E-state index is 0.131. The second kappa shape index (κ2) is 5.26. The van der Waals surface area contributed by atoms with Gasteiger partial charge >= 0.3 is 0 Å². The van der Waals surface area contributed by atoms with Crippen LogP contribution in [0.2, 0.25) is 0 Å². The van der Waals surface area contributed by atoms with Crippen molar-refractivity contribution in [1.29, 1.82) is 0 Å². The normalized spacial score (nSPS) is 30.2. The van der Waals surface area contributed by atoms with E-state index in [0.717, 1.165) is 24.8 Å². The van der Waals surface area contributed by atoms with Crippen LogP contribution < -0.4 is 5.73 Å². The van der Waals surface area contributed by atoms with Gasteiger partial charge in [-0.2, -0.15) is 0 Å². The Morgan fingerprint density at radius 3 is 2.37 bits per heavy atom.